The number of anilines is 1. The third kappa shape index (κ3) is 3.39. The van der Waals surface area contributed by atoms with Crippen molar-refractivity contribution in [2.24, 2.45) is 5.16 Å². The van der Waals surface area contributed by atoms with Crippen LogP contribution in [-0.2, 0) is 16.1 Å². The van der Waals surface area contributed by atoms with Crippen LogP contribution in [0.3, 0.4) is 0 Å². The second-order valence-electron chi connectivity index (χ2n) is 5.36. The van der Waals surface area contributed by atoms with Crippen LogP contribution in [0.4, 0.5) is 10.1 Å². The van der Waals surface area contributed by atoms with E-state index in [1.54, 1.807) is 18.2 Å². The van der Waals surface area contributed by atoms with E-state index in [0.29, 0.717) is 17.0 Å². The zero-order valence-electron chi connectivity index (χ0n) is 12.8. The lowest BCUT2D eigenvalue weighted by Gasteiger charge is -2.10. The van der Waals surface area contributed by atoms with Crippen LogP contribution in [0, 0.1) is 5.82 Å². The fourth-order valence-corrected chi connectivity index (χ4v) is 2.42. The van der Waals surface area contributed by atoms with Crippen molar-refractivity contribution in [3.8, 4) is 0 Å². The van der Waals surface area contributed by atoms with Gasteiger partial charge in [0, 0.05) is 17.7 Å². The summed E-state index contributed by atoms with van der Waals surface area (Å²) >= 11 is 0. The number of oxime groups is 1. The van der Waals surface area contributed by atoms with Gasteiger partial charge in [-0.1, -0.05) is 42.4 Å². The molecular weight excluding hydrogens is 295 g/mol. The summed E-state index contributed by atoms with van der Waals surface area (Å²) in [4.78, 5) is 17.4. The first-order chi connectivity index (χ1) is 11.2. The molecule has 2 aromatic rings. The quantitative estimate of drug-likeness (QED) is 0.939. The lowest BCUT2D eigenvalue weighted by atomic mass is 10.0. The number of rotatable bonds is 4. The van der Waals surface area contributed by atoms with Crippen LogP contribution >= 0.6 is 0 Å². The van der Waals surface area contributed by atoms with E-state index in [1.165, 1.54) is 11.6 Å². The van der Waals surface area contributed by atoms with Gasteiger partial charge in [-0.25, -0.2) is 4.39 Å². The van der Waals surface area contributed by atoms with Crippen LogP contribution in [0.1, 0.15) is 24.5 Å². The average molecular weight is 312 g/mol. The molecule has 1 heterocycles. The monoisotopic (exact) mass is 312 g/mol. The van der Waals surface area contributed by atoms with Gasteiger partial charge in [-0.3, -0.25) is 4.79 Å². The van der Waals surface area contributed by atoms with Gasteiger partial charge in [0.1, 0.15) is 5.82 Å². The van der Waals surface area contributed by atoms with E-state index < -0.39 is 6.10 Å². The number of halogens is 1. The number of carbonyl (C=O) groups is 1. The van der Waals surface area contributed by atoms with Crippen molar-refractivity contribution < 1.29 is 14.0 Å². The Kier molecular flexibility index (Phi) is 4.37. The zero-order chi connectivity index (χ0) is 16.2. The van der Waals surface area contributed by atoms with E-state index >= 15 is 0 Å². The largest absolute Gasteiger partial charge is 0.382 e. The van der Waals surface area contributed by atoms with E-state index in [-0.39, 0.29) is 18.1 Å². The van der Waals surface area contributed by atoms with Crippen LogP contribution in [0.25, 0.3) is 0 Å². The van der Waals surface area contributed by atoms with Gasteiger partial charge in [0.15, 0.2) is 0 Å². The van der Waals surface area contributed by atoms with E-state index in [9.17, 15) is 9.18 Å². The van der Waals surface area contributed by atoms with Gasteiger partial charge in [-0.2, -0.15) is 0 Å². The molecule has 2 aromatic carbocycles. The van der Waals surface area contributed by atoms with Crippen molar-refractivity contribution in [1.29, 1.82) is 0 Å². The first-order valence-corrected chi connectivity index (χ1v) is 7.54. The fraction of sp³-hybridized carbons (Fsp3) is 0.222. The molecule has 0 saturated heterocycles. The molecule has 1 amide bonds. The Bertz CT molecular complexity index is 741. The smallest absolute Gasteiger partial charge is 0.268 e. The zero-order valence-corrected chi connectivity index (χ0v) is 12.8. The van der Waals surface area contributed by atoms with Crippen molar-refractivity contribution in [3.05, 3.63) is 65.5 Å². The number of nitrogens with zero attached hydrogens (tertiary/aromatic N) is 1. The first-order valence-electron chi connectivity index (χ1n) is 7.54. The highest BCUT2D eigenvalue weighted by atomic mass is 19.1. The minimum atomic E-state index is -0.740. The first kappa shape index (κ1) is 15.2. The summed E-state index contributed by atoms with van der Waals surface area (Å²) in [5.41, 5.74) is 2.72. The third-order valence-electron chi connectivity index (χ3n) is 3.78. The fourth-order valence-electron chi connectivity index (χ4n) is 2.42. The number of amides is 1. The summed E-state index contributed by atoms with van der Waals surface area (Å²) in [5.74, 6) is -0.657. The molecule has 0 spiro atoms. The molecule has 5 heteroatoms. The molecule has 1 aliphatic rings. The minimum Gasteiger partial charge on any atom is -0.382 e. The molecule has 3 rings (SSSR count). The highest BCUT2D eigenvalue weighted by Gasteiger charge is 2.29. The van der Waals surface area contributed by atoms with Crippen LogP contribution in [0.15, 0.2) is 53.7 Å². The van der Waals surface area contributed by atoms with E-state index in [4.69, 9.17) is 4.84 Å². The minimum absolute atomic E-state index is 0.250. The molecule has 0 bridgehead atoms. The molecule has 1 atom stereocenters. The molecule has 1 aliphatic heterocycles. The van der Waals surface area contributed by atoms with Crippen LogP contribution < -0.4 is 5.32 Å². The molecule has 118 valence electrons. The number of nitrogens with one attached hydrogen (secondary N) is 1. The molecule has 0 radical (unpaired) electrons. The summed E-state index contributed by atoms with van der Waals surface area (Å²) in [5, 5.41) is 6.64. The number of benzene rings is 2. The Hall–Kier alpha value is -2.69. The summed E-state index contributed by atoms with van der Waals surface area (Å²) in [6.07, 6.45) is 0.454. The Morgan fingerprint density at radius 3 is 2.70 bits per heavy atom. The maximum atomic E-state index is 13.8. The second kappa shape index (κ2) is 6.60. The van der Waals surface area contributed by atoms with E-state index in [0.717, 1.165) is 6.42 Å². The SMILES string of the molecule is CCc1ccc(NC(=O)C2CC(c3ccccc3F)=NO2)cc1. The Labute approximate surface area is 134 Å². The number of hydrogen-bond acceptors (Lipinski definition) is 3. The lowest BCUT2D eigenvalue weighted by Crippen LogP contribution is -2.28. The van der Waals surface area contributed by atoms with Crippen molar-refractivity contribution >= 4 is 17.3 Å². The van der Waals surface area contributed by atoms with E-state index in [2.05, 4.69) is 17.4 Å². The predicted octanol–water partition coefficient (Wildman–Crippen LogP) is 3.52. The predicted molar refractivity (Wildman–Crippen MR) is 86.9 cm³/mol. The lowest BCUT2D eigenvalue weighted by molar-refractivity contribution is -0.125. The number of hydrogen-bond donors (Lipinski definition) is 1. The standard InChI is InChI=1S/C18H17FN2O2/c1-2-12-7-9-13(10-8-12)20-18(22)17-11-16(21-23-17)14-5-3-4-6-15(14)19/h3-10,17H,2,11H2,1H3,(H,20,22). The third-order valence-corrected chi connectivity index (χ3v) is 3.78. The van der Waals surface area contributed by atoms with Gasteiger partial charge in [0.25, 0.3) is 5.91 Å². The van der Waals surface area contributed by atoms with Crippen molar-refractivity contribution in [2.75, 3.05) is 5.32 Å². The second-order valence-corrected chi connectivity index (χ2v) is 5.36. The summed E-state index contributed by atoms with van der Waals surface area (Å²) < 4.78 is 13.8. The maximum absolute atomic E-state index is 13.8. The van der Waals surface area contributed by atoms with Crippen LogP contribution in [-0.4, -0.2) is 17.7 Å². The highest BCUT2D eigenvalue weighted by molar-refractivity contribution is 6.06. The topological polar surface area (TPSA) is 50.7 Å². The van der Waals surface area contributed by atoms with E-state index in [1.807, 2.05) is 24.3 Å². The van der Waals surface area contributed by atoms with Gasteiger partial charge in [0.2, 0.25) is 6.10 Å². The molecule has 0 saturated carbocycles. The normalized spacial score (nSPS) is 16.6. The molecular formula is C18H17FN2O2. The molecule has 0 fully saturated rings. The molecule has 1 N–H and O–H groups in total. The van der Waals surface area contributed by atoms with Gasteiger partial charge in [0.05, 0.1) is 5.71 Å². The Morgan fingerprint density at radius 1 is 1.26 bits per heavy atom. The van der Waals surface area contributed by atoms with Crippen LogP contribution in [0.5, 0.6) is 0 Å². The van der Waals surface area contributed by atoms with Gasteiger partial charge in [-0.15, -0.1) is 0 Å². The van der Waals surface area contributed by atoms with Gasteiger partial charge < -0.3 is 10.2 Å². The summed E-state index contributed by atoms with van der Waals surface area (Å²) in [6, 6.07) is 14.0. The summed E-state index contributed by atoms with van der Waals surface area (Å²) in [7, 11) is 0. The average Bonchev–Trinajstić information content (AvgIpc) is 3.06. The molecule has 0 aliphatic carbocycles. The Morgan fingerprint density at radius 2 is 2.00 bits per heavy atom. The van der Waals surface area contributed by atoms with Gasteiger partial charge in [-0.05, 0) is 30.2 Å². The number of aryl methyl sites for hydroxylation is 1. The highest BCUT2D eigenvalue weighted by Crippen LogP contribution is 2.20. The maximum Gasteiger partial charge on any atom is 0.268 e. The molecule has 23 heavy (non-hydrogen) atoms. The van der Waals surface area contributed by atoms with Crippen LogP contribution in [0.2, 0.25) is 0 Å². The number of carbonyl (C=O) groups excluding carboxylic acids is 1. The molecule has 0 aromatic heterocycles. The van der Waals surface area contributed by atoms with Crippen molar-refractivity contribution in [3.63, 3.8) is 0 Å². The van der Waals surface area contributed by atoms with Gasteiger partial charge >= 0.3 is 0 Å². The van der Waals surface area contributed by atoms with Crippen molar-refractivity contribution in [2.45, 2.75) is 25.9 Å². The Balaban J connectivity index is 1.63. The molecule has 4 nitrogen and oxygen atoms in total. The molecule has 1 unspecified atom stereocenters. The summed E-state index contributed by atoms with van der Waals surface area (Å²) in [6.45, 7) is 2.07. The van der Waals surface area contributed by atoms with Crippen molar-refractivity contribution in [1.82, 2.24) is 0 Å².